The van der Waals surface area contributed by atoms with Gasteiger partial charge in [-0.25, -0.2) is 4.79 Å². The molecule has 0 aliphatic rings. The fourth-order valence-corrected chi connectivity index (χ4v) is 2.06. The molecule has 0 atom stereocenters. The maximum absolute atomic E-state index is 11.0. The summed E-state index contributed by atoms with van der Waals surface area (Å²) in [5.74, 6) is -0.335. The molecule has 22 heavy (non-hydrogen) atoms. The summed E-state index contributed by atoms with van der Waals surface area (Å²) in [4.78, 5) is 21.3. The van der Waals surface area contributed by atoms with Crippen LogP contribution in [0.4, 0.5) is 5.69 Å². The van der Waals surface area contributed by atoms with Crippen molar-refractivity contribution in [3.05, 3.63) is 52.1 Å². The van der Waals surface area contributed by atoms with Crippen molar-refractivity contribution >= 4 is 11.7 Å². The van der Waals surface area contributed by atoms with Crippen LogP contribution >= 0.6 is 0 Å². The second-order valence-electron chi connectivity index (χ2n) is 4.36. The van der Waals surface area contributed by atoms with E-state index >= 15 is 0 Å². The number of ether oxygens (including phenoxy) is 2. The van der Waals surface area contributed by atoms with Crippen LogP contribution in [0, 0.1) is 10.1 Å². The lowest BCUT2D eigenvalue weighted by atomic mass is 10.0. The van der Waals surface area contributed by atoms with Gasteiger partial charge in [-0.05, 0) is 29.3 Å². The van der Waals surface area contributed by atoms with E-state index < -0.39 is 16.6 Å². The molecule has 0 bridgehead atoms. The average molecular weight is 303 g/mol. The Bertz CT molecular complexity index is 741. The van der Waals surface area contributed by atoms with Crippen molar-refractivity contribution in [2.24, 2.45) is 0 Å². The summed E-state index contributed by atoms with van der Waals surface area (Å²) in [7, 11) is 2.99. The van der Waals surface area contributed by atoms with E-state index in [1.807, 2.05) is 0 Å². The monoisotopic (exact) mass is 303 g/mol. The van der Waals surface area contributed by atoms with E-state index in [-0.39, 0.29) is 5.56 Å². The van der Waals surface area contributed by atoms with Gasteiger partial charge in [0.2, 0.25) is 0 Å². The van der Waals surface area contributed by atoms with E-state index in [9.17, 15) is 14.9 Å². The number of nitrogens with zero attached hydrogens (tertiary/aromatic N) is 1. The van der Waals surface area contributed by atoms with Gasteiger partial charge in [0.05, 0.1) is 19.1 Å². The molecule has 114 valence electrons. The first kappa shape index (κ1) is 15.3. The first-order valence-electron chi connectivity index (χ1n) is 6.22. The fraction of sp³-hybridized carbons (Fsp3) is 0.133. The lowest BCUT2D eigenvalue weighted by molar-refractivity contribution is -0.385. The van der Waals surface area contributed by atoms with Gasteiger partial charge in [-0.15, -0.1) is 0 Å². The van der Waals surface area contributed by atoms with Gasteiger partial charge < -0.3 is 14.6 Å². The molecule has 7 nitrogen and oxygen atoms in total. The van der Waals surface area contributed by atoms with Crippen LogP contribution in [0.25, 0.3) is 11.1 Å². The maximum atomic E-state index is 11.0. The molecule has 0 fully saturated rings. The third-order valence-corrected chi connectivity index (χ3v) is 3.14. The van der Waals surface area contributed by atoms with Crippen molar-refractivity contribution in [2.75, 3.05) is 14.2 Å². The molecule has 2 aromatic carbocycles. The summed E-state index contributed by atoms with van der Waals surface area (Å²) >= 11 is 0. The van der Waals surface area contributed by atoms with Crippen molar-refractivity contribution in [2.45, 2.75) is 0 Å². The molecule has 0 radical (unpaired) electrons. The Balaban J connectivity index is 2.56. The lowest BCUT2D eigenvalue weighted by Gasteiger charge is -2.10. The number of nitro groups is 1. The maximum Gasteiger partial charge on any atom is 0.342 e. The van der Waals surface area contributed by atoms with Gasteiger partial charge in [-0.1, -0.05) is 12.1 Å². The number of nitro benzene ring substituents is 1. The Labute approximate surface area is 125 Å². The minimum atomic E-state index is -1.34. The van der Waals surface area contributed by atoms with Gasteiger partial charge in [0.25, 0.3) is 5.69 Å². The van der Waals surface area contributed by atoms with Crippen molar-refractivity contribution in [3.8, 4) is 22.6 Å². The second kappa shape index (κ2) is 6.13. The van der Waals surface area contributed by atoms with E-state index in [0.717, 1.165) is 0 Å². The Hall–Kier alpha value is -3.09. The molecule has 0 aliphatic heterocycles. The van der Waals surface area contributed by atoms with Crippen LogP contribution in [0.2, 0.25) is 0 Å². The zero-order valence-corrected chi connectivity index (χ0v) is 11.9. The number of benzene rings is 2. The van der Waals surface area contributed by atoms with Gasteiger partial charge in [0.15, 0.2) is 11.5 Å². The van der Waals surface area contributed by atoms with E-state index in [0.29, 0.717) is 22.6 Å². The Morgan fingerprint density at radius 1 is 1.05 bits per heavy atom. The predicted molar refractivity (Wildman–Crippen MR) is 78.6 cm³/mol. The molecule has 0 saturated heterocycles. The van der Waals surface area contributed by atoms with Gasteiger partial charge in [0, 0.05) is 6.07 Å². The molecule has 0 heterocycles. The summed E-state index contributed by atoms with van der Waals surface area (Å²) in [6, 6.07) is 9.00. The summed E-state index contributed by atoms with van der Waals surface area (Å²) in [6.45, 7) is 0. The largest absolute Gasteiger partial charge is 0.493 e. The number of hydrogen-bond donors (Lipinski definition) is 1. The molecular formula is C15H13NO6. The summed E-state index contributed by atoms with van der Waals surface area (Å²) in [6.07, 6.45) is 0. The summed E-state index contributed by atoms with van der Waals surface area (Å²) < 4.78 is 10.3. The normalized spacial score (nSPS) is 10.1. The highest BCUT2D eigenvalue weighted by Gasteiger charge is 2.20. The Morgan fingerprint density at radius 2 is 1.64 bits per heavy atom. The van der Waals surface area contributed by atoms with Crippen LogP contribution in [0.15, 0.2) is 36.4 Å². The Kier molecular flexibility index (Phi) is 4.26. The highest BCUT2D eigenvalue weighted by atomic mass is 16.6. The number of aromatic carboxylic acids is 1. The van der Waals surface area contributed by atoms with Gasteiger partial charge in [-0.2, -0.15) is 0 Å². The van der Waals surface area contributed by atoms with Crippen LogP contribution in [0.5, 0.6) is 11.5 Å². The molecule has 0 aromatic heterocycles. The van der Waals surface area contributed by atoms with Crippen molar-refractivity contribution in [3.63, 3.8) is 0 Å². The number of carbonyl (C=O) groups is 1. The lowest BCUT2D eigenvalue weighted by Crippen LogP contribution is -2.02. The standard InChI is InChI=1S/C15H13NO6/c1-21-13-6-4-10(8-14(13)22-2)9-3-5-11(15(17)18)12(7-9)16(19)20/h3-8H,1-2H3,(H,17,18). The third-order valence-electron chi connectivity index (χ3n) is 3.14. The van der Waals surface area contributed by atoms with Crippen LogP contribution in [-0.4, -0.2) is 30.2 Å². The molecule has 7 heteroatoms. The fourth-order valence-electron chi connectivity index (χ4n) is 2.06. The first-order valence-corrected chi connectivity index (χ1v) is 6.22. The smallest absolute Gasteiger partial charge is 0.342 e. The van der Waals surface area contributed by atoms with Crippen molar-refractivity contribution in [1.82, 2.24) is 0 Å². The minimum absolute atomic E-state index is 0.353. The quantitative estimate of drug-likeness (QED) is 0.673. The zero-order valence-electron chi connectivity index (χ0n) is 11.9. The first-order chi connectivity index (χ1) is 10.5. The van der Waals surface area contributed by atoms with Crippen LogP contribution in [0.3, 0.4) is 0 Å². The predicted octanol–water partition coefficient (Wildman–Crippen LogP) is 2.98. The molecule has 2 rings (SSSR count). The Morgan fingerprint density at radius 3 is 2.18 bits per heavy atom. The van der Waals surface area contributed by atoms with E-state index in [1.165, 1.54) is 32.4 Å². The van der Waals surface area contributed by atoms with E-state index in [1.54, 1.807) is 18.2 Å². The van der Waals surface area contributed by atoms with Crippen LogP contribution in [-0.2, 0) is 0 Å². The number of carboxylic acids is 1. The number of hydrogen-bond acceptors (Lipinski definition) is 5. The van der Waals surface area contributed by atoms with E-state index in [2.05, 4.69) is 0 Å². The number of carboxylic acid groups (broad SMARTS) is 1. The summed E-state index contributed by atoms with van der Waals surface area (Å²) in [5, 5.41) is 20.0. The van der Waals surface area contributed by atoms with Crippen LogP contribution < -0.4 is 9.47 Å². The van der Waals surface area contributed by atoms with Gasteiger partial charge in [-0.3, -0.25) is 10.1 Å². The minimum Gasteiger partial charge on any atom is -0.493 e. The molecule has 0 unspecified atom stereocenters. The van der Waals surface area contributed by atoms with Crippen molar-refractivity contribution < 1.29 is 24.3 Å². The molecule has 1 N–H and O–H groups in total. The molecule has 0 spiro atoms. The molecular weight excluding hydrogens is 290 g/mol. The topological polar surface area (TPSA) is 98.9 Å². The average Bonchev–Trinajstić information content (AvgIpc) is 2.53. The van der Waals surface area contributed by atoms with E-state index in [4.69, 9.17) is 14.6 Å². The third kappa shape index (κ3) is 2.83. The number of methoxy groups -OCH3 is 2. The molecule has 0 saturated carbocycles. The SMILES string of the molecule is COc1ccc(-c2ccc(C(=O)O)c([N+](=O)[O-])c2)cc1OC. The van der Waals surface area contributed by atoms with Crippen LogP contribution in [0.1, 0.15) is 10.4 Å². The highest BCUT2D eigenvalue weighted by Crippen LogP contribution is 2.34. The van der Waals surface area contributed by atoms with Crippen molar-refractivity contribution in [1.29, 1.82) is 0 Å². The molecule has 0 amide bonds. The van der Waals surface area contributed by atoms with Gasteiger partial charge in [0.1, 0.15) is 5.56 Å². The number of rotatable bonds is 5. The van der Waals surface area contributed by atoms with Gasteiger partial charge >= 0.3 is 5.97 Å². The molecule has 2 aromatic rings. The summed E-state index contributed by atoms with van der Waals surface area (Å²) in [5.41, 5.74) is 0.351. The second-order valence-corrected chi connectivity index (χ2v) is 4.36. The highest BCUT2D eigenvalue weighted by molar-refractivity contribution is 5.93. The zero-order chi connectivity index (χ0) is 16.3. The molecule has 0 aliphatic carbocycles.